The Labute approximate surface area is 220 Å². The smallest absolute Gasteiger partial charge is 0.337 e. The number of thiazole rings is 1. The van der Waals surface area contributed by atoms with Gasteiger partial charge < -0.3 is 18.9 Å². The van der Waals surface area contributed by atoms with Crippen LogP contribution in [-0.4, -0.2) is 38.0 Å². The highest BCUT2D eigenvalue weighted by molar-refractivity contribution is 9.10. The number of carbonyl (C=O) groups excluding carboxylic acids is 1. The maximum Gasteiger partial charge on any atom is 0.337 e. The topological polar surface area (TPSA) is 88.4 Å². The molecule has 10 heteroatoms. The van der Waals surface area contributed by atoms with Crippen molar-refractivity contribution in [1.82, 2.24) is 4.57 Å². The molecule has 1 aromatic heterocycles. The van der Waals surface area contributed by atoms with E-state index in [0.717, 1.165) is 10.0 Å². The Hall–Kier alpha value is -3.37. The zero-order valence-corrected chi connectivity index (χ0v) is 22.6. The summed E-state index contributed by atoms with van der Waals surface area (Å²) in [6.07, 6.45) is 3.22. The summed E-state index contributed by atoms with van der Waals surface area (Å²) in [4.78, 5) is 31.3. The zero-order valence-electron chi connectivity index (χ0n) is 20.2. The summed E-state index contributed by atoms with van der Waals surface area (Å²) in [5.41, 5.74) is 1.36. The first-order valence-electron chi connectivity index (χ1n) is 11.2. The van der Waals surface area contributed by atoms with Crippen LogP contribution in [0.1, 0.15) is 31.0 Å². The first-order chi connectivity index (χ1) is 17.4. The number of aromatic nitrogens is 1. The monoisotopic (exact) mass is 572 g/mol. The fourth-order valence-electron chi connectivity index (χ4n) is 3.95. The Kier molecular flexibility index (Phi) is 7.95. The number of halogens is 1. The number of ether oxygens (including phenoxy) is 4. The van der Waals surface area contributed by atoms with Gasteiger partial charge in [0, 0.05) is 16.2 Å². The lowest BCUT2D eigenvalue weighted by Crippen LogP contribution is -2.39. The summed E-state index contributed by atoms with van der Waals surface area (Å²) in [6.45, 7) is 4.67. The summed E-state index contributed by atoms with van der Waals surface area (Å²) < 4.78 is 24.8. The van der Waals surface area contributed by atoms with E-state index in [1.54, 1.807) is 25.3 Å². The number of hydrogen-bond acceptors (Lipinski definition) is 8. The van der Waals surface area contributed by atoms with Crippen LogP contribution >= 0.6 is 27.3 Å². The number of rotatable bonds is 8. The molecule has 3 aromatic rings. The van der Waals surface area contributed by atoms with Crippen molar-refractivity contribution in [1.29, 1.82) is 0 Å². The molecule has 1 aliphatic rings. The molecule has 0 spiro atoms. The first kappa shape index (κ1) is 25.7. The quantitative estimate of drug-likeness (QED) is 0.383. The van der Waals surface area contributed by atoms with Gasteiger partial charge in [-0.05, 0) is 55.8 Å². The van der Waals surface area contributed by atoms with E-state index in [4.69, 9.17) is 18.9 Å². The molecule has 0 fully saturated rings. The lowest BCUT2D eigenvalue weighted by atomic mass is 9.97. The largest absolute Gasteiger partial charge is 0.496 e. The van der Waals surface area contributed by atoms with E-state index < -0.39 is 12.0 Å². The summed E-state index contributed by atoms with van der Waals surface area (Å²) in [6, 6.07) is 10.2. The molecule has 188 valence electrons. The molecule has 0 saturated carbocycles. The number of esters is 1. The molecule has 0 aliphatic carbocycles. The van der Waals surface area contributed by atoms with Crippen LogP contribution in [-0.2, 0) is 9.53 Å². The number of carbonyl (C=O) groups is 1. The molecule has 36 heavy (non-hydrogen) atoms. The van der Waals surface area contributed by atoms with E-state index in [9.17, 15) is 9.59 Å². The highest BCUT2D eigenvalue weighted by Crippen LogP contribution is 2.35. The number of hydrogen-bond donors (Lipinski definition) is 0. The number of benzene rings is 2. The molecular formula is C26H25BrN2O6S. The fourth-order valence-corrected chi connectivity index (χ4v) is 5.29. The molecule has 0 N–H and O–H groups in total. The third-order valence-electron chi connectivity index (χ3n) is 5.49. The molecule has 4 rings (SSSR count). The van der Waals surface area contributed by atoms with Gasteiger partial charge in [-0.2, -0.15) is 0 Å². The first-order valence-corrected chi connectivity index (χ1v) is 12.8. The molecule has 0 unspecified atom stereocenters. The van der Waals surface area contributed by atoms with Gasteiger partial charge >= 0.3 is 5.97 Å². The minimum Gasteiger partial charge on any atom is -0.496 e. The molecule has 0 saturated heterocycles. The van der Waals surface area contributed by atoms with Crippen molar-refractivity contribution in [3.05, 3.63) is 83.5 Å². The molecule has 0 bridgehead atoms. The maximum atomic E-state index is 13.7. The highest BCUT2D eigenvalue weighted by atomic mass is 79.9. The molecule has 2 heterocycles. The molecule has 0 radical (unpaired) electrons. The van der Waals surface area contributed by atoms with E-state index in [-0.39, 0.29) is 11.1 Å². The second-order valence-corrected chi connectivity index (χ2v) is 9.56. The Balaban J connectivity index is 1.93. The van der Waals surface area contributed by atoms with E-state index in [1.165, 1.54) is 29.2 Å². The lowest BCUT2D eigenvalue weighted by Gasteiger charge is -2.23. The summed E-state index contributed by atoms with van der Waals surface area (Å²) >= 11 is 4.70. The van der Waals surface area contributed by atoms with E-state index in [2.05, 4.69) is 20.9 Å². The average molecular weight is 573 g/mol. The van der Waals surface area contributed by atoms with Gasteiger partial charge in [0.25, 0.3) is 5.56 Å². The van der Waals surface area contributed by atoms with Crippen LogP contribution in [0.15, 0.2) is 62.4 Å². The van der Waals surface area contributed by atoms with Crippen molar-refractivity contribution < 1.29 is 23.7 Å². The van der Waals surface area contributed by atoms with Crippen LogP contribution < -0.4 is 29.1 Å². The van der Waals surface area contributed by atoms with E-state index in [1.807, 2.05) is 38.1 Å². The van der Waals surface area contributed by atoms with Gasteiger partial charge in [-0.15, -0.1) is 0 Å². The average Bonchev–Trinajstić information content (AvgIpc) is 3.19. The van der Waals surface area contributed by atoms with Crippen LogP contribution in [0.2, 0.25) is 0 Å². The Bertz CT molecular complexity index is 1510. The summed E-state index contributed by atoms with van der Waals surface area (Å²) in [5, 5.41) is 0. The van der Waals surface area contributed by atoms with Crippen molar-refractivity contribution in [3.63, 3.8) is 0 Å². The van der Waals surface area contributed by atoms with E-state index >= 15 is 0 Å². The van der Waals surface area contributed by atoms with Crippen LogP contribution in [0.5, 0.6) is 17.2 Å². The second-order valence-electron chi connectivity index (χ2n) is 7.63. The van der Waals surface area contributed by atoms with Gasteiger partial charge in [-0.3, -0.25) is 9.36 Å². The maximum absolute atomic E-state index is 13.7. The van der Waals surface area contributed by atoms with Crippen molar-refractivity contribution in [2.45, 2.75) is 19.9 Å². The Morgan fingerprint density at radius 3 is 2.50 bits per heavy atom. The predicted molar refractivity (Wildman–Crippen MR) is 141 cm³/mol. The summed E-state index contributed by atoms with van der Waals surface area (Å²) in [7, 11) is 2.88. The molecule has 0 amide bonds. The minimum absolute atomic E-state index is 0.239. The van der Waals surface area contributed by atoms with Gasteiger partial charge in [-0.25, -0.2) is 9.79 Å². The van der Waals surface area contributed by atoms with Crippen molar-refractivity contribution in [3.8, 4) is 17.2 Å². The van der Waals surface area contributed by atoms with Crippen LogP contribution in [0.4, 0.5) is 0 Å². The SMILES string of the molecule is CCOc1ccc([C@@H]2C(C(=O)OC)=CN=c3s/c(=C/c4cc(Br)ccc4OC)c(=O)n32)cc1OCC. The molecule has 8 nitrogen and oxygen atoms in total. The van der Waals surface area contributed by atoms with Crippen LogP contribution in [0, 0.1) is 0 Å². The van der Waals surface area contributed by atoms with Gasteiger partial charge in [0.2, 0.25) is 0 Å². The number of methoxy groups -OCH3 is 2. The molecule has 1 atom stereocenters. The Morgan fingerprint density at radius 2 is 1.81 bits per heavy atom. The molecular weight excluding hydrogens is 548 g/mol. The highest BCUT2D eigenvalue weighted by Gasteiger charge is 2.31. The minimum atomic E-state index is -0.755. The Morgan fingerprint density at radius 1 is 1.08 bits per heavy atom. The van der Waals surface area contributed by atoms with Crippen LogP contribution in [0.3, 0.4) is 0 Å². The third kappa shape index (κ3) is 4.96. The number of fused-ring (bicyclic) bond motifs is 1. The van der Waals surface area contributed by atoms with Crippen molar-refractivity contribution >= 4 is 39.3 Å². The van der Waals surface area contributed by atoms with Gasteiger partial charge in [0.1, 0.15) is 5.75 Å². The lowest BCUT2D eigenvalue weighted by molar-refractivity contribution is -0.136. The van der Waals surface area contributed by atoms with Gasteiger partial charge in [-0.1, -0.05) is 33.3 Å². The van der Waals surface area contributed by atoms with Crippen molar-refractivity contribution in [2.75, 3.05) is 27.4 Å². The third-order valence-corrected chi connectivity index (χ3v) is 6.98. The summed E-state index contributed by atoms with van der Waals surface area (Å²) in [5.74, 6) is 1.17. The van der Waals surface area contributed by atoms with E-state index in [0.29, 0.717) is 45.4 Å². The standard InChI is InChI=1S/C26H25BrN2O6S/c1-5-34-20-9-7-15(12-21(20)35-6-2)23-18(25(31)33-4)14-28-26-29(23)24(30)22(36-26)13-16-11-17(27)8-10-19(16)32-3/h7-14,23H,5-6H2,1-4H3/b22-13+/t23-/m1/s1. The van der Waals surface area contributed by atoms with Crippen LogP contribution in [0.25, 0.3) is 6.08 Å². The molecule has 1 aliphatic heterocycles. The molecule has 2 aromatic carbocycles. The normalized spacial score (nSPS) is 15.0. The fraction of sp³-hybridized carbons (Fsp3) is 0.269. The van der Waals surface area contributed by atoms with Crippen molar-refractivity contribution in [2.24, 2.45) is 4.99 Å². The zero-order chi connectivity index (χ0) is 25.8. The van der Waals surface area contributed by atoms with Gasteiger partial charge in [0.05, 0.1) is 43.6 Å². The number of nitrogens with zero attached hydrogens (tertiary/aromatic N) is 2. The predicted octanol–water partition coefficient (Wildman–Crippen LogP) is 3.59. The second kappa shape index (κ2) is 11.1. The van der Waals surface area contributed by atoms with Gasteiger partial charge in [0.15, 0.2) is 16.3 Å².